The van der Waals surface area contributed by atoms with Crippen molar-refractivity contribution in [3.05, 3.63) is 101 Å². The number of aliphatic hydroxyl groups is 1. The van der Waals surface area contributed by atoms with E-state index >= 15 is 0 Å². The molecule has 0 radical (unpaired) electrons. The first-order chi connectivity index (χ1) is 15.6. The molecule has 3 aromatic rings. The van der Waals surface area contributed by atoms with Gasteiger partial charge in [-0.1, -0.05) is 18.2 Å². The molecule has 6 heteroatoms. The number of aliphatic hydroxyl groups excluding tert-OH is 1. The quantitative estimate of drug-likeness (QED) is 0.388. The van der Waals surface area contributed by atoms with E-state index in [2.05, 4.69) is 9.97 Å². The number of nitrogens with zero attached hydrogens (tertiary/aromatic N) is 3. The molecular weight excluding hydrogens is 402 g/mol. The van der Waals surface area contributed by atoms with Crippen LogP contribution >= 0.6 is 0 Å². The van der Waals surface area contributed by atoms with Crippen molar-refractivity contribution in [2.24, 2.45) is 0 Å². The van der Waals surface area contributed by atoms with Crippen molar-refractivity contribution in [3.63, 3.8) is 0 Å². The van der Waals surface area contributed by atoms with Crippen molar-refractivity contribution >= 4 is 17.4 Å². The number of carbonyl (C=O) groups is 2. The van der Waals surface area contributed by atoms with Gasteiger partial charge in [-0.15, -0.1) is 0 Å². The second kappa shape index (κ2) is 8.38. The smallest absolute Gasteiger partial charge is 0.296 e. The normalized spacial score (nSPS) is 19.8. The van der Waals surface area contributed by atoms with Crippen molar-refractivity contribution in [2.45, 2.75) is 38.3 Å². The van der Waals surface area contributed by atoms with Crippen molar-refractivity contribution in [3.8, 4) is 0 Å². The van der Waals surface area contributed by atoms with Gasteiger partial charge in [-0.05, 0) is 72.7 Å². The maximum atomic E-state index is 13.1. The average molecular weight is 425 g/mol. The minimum Gasteiger partial charge on any atom is -0.507 e. The lowest BCUT2D eigenvalue weighted by Crippen LogP contribution is -2.29. The van der Waals surface area contributed by atoms with Crippen LogP contribution in [0.15, 0.2) is 72.7 Å². The molecule has 1 atom stereocenters. The number of fused-ring (bicyclic) bond motifs is 1. The molecule has 2 aliphatic rings. The number of ketones is 1. The largest absolute Gasteiger partial charge is 0.507 e. The molecule has 1 unspecified atom stereocenters. The van der Waals surface area contributed by atoms with Crippen LogP contribution in [0.3, 0.4) is 0 Å². The van der Waals surface area contributed by atoms with Gasteiger partial charge in [-0.3, -0.25) is 19.6 Å². The molecule has 0 bridgehead atoms. The number of hydrogen-bond donors (Lipinski definition) is 1. The summed E-state index contributed by atoms with van der Waals surface area (Å²) in [6.45, 7) is 0.218. The summed E-state index contributed by atoms with van der Waals surface area (Å²) < 4.78 is 0. The van der Waals surface area contributed by atoms with E-state index < -0.39 is 17.7 Å². The fraction of sp³-hybridized carbons (Fsp3) is 0.231. The van der Waals surface area contributed by atoms with E-state index in [1.54, 1.807) is 42.9 Å². The first-order valence-electron chi connectivity index (χ1n) is 10.8. The second-order valence-electron chi connectivity index (χ2n) is 8.23. The summed E-state index contributed by atoms with van der Waals surface area (Å²) in [5, 5.41) is 11.3. The number of amides is 1. The summed E-state index contributed by atoms with van der Waals surface area (Å²) in [5.74, 6) is -1.48. The third-order valence-corrected chi connectivity index (χ3v) is 6.23. The Kier molecular flexibility index (Phi) is 5.27. The van der Waals surface area contributed by atoms with Gasteiger partial charge in [0.05, 0.1) is 11.3 Å². The second-order valence-corrected chi connectivity index (χ2v) is 8.23. The molecule has 1 aliphatic carbocycles. The number of carbonyl (C=O) groups excluding carboxylic acids is 2. The van der Waals surface area contributed by atoms with Gasteiger partial charge in [0.2, 0.25) is 0 Å². The lowest BCUT2D eigenvalue weighted by molar-refractivity contribution is -0.140. The molecule has 1 fully saturated rings. The molecule has 0 spiro atoms. The van der Waals surface area contributed by atoms with Crippen LogP contribution in [-0.2, 0) is 29.0 Å². The molecule has 0 saturated carbocycles. The number of Topliss-reactive ketones (excluding diaryl/α,β-unsaturated/α-hetero) is 1. The Hall–Kier alpha value is -3.80. The highest BCUT2D eigenvalue weighted by Gasteiger charge is 2.46. The van der Waals surface area contributed by atoms with E-state index in [1.807, 2.05) is 24.3 Å². The van der Waals surface area contributed by atoms with Crippen LogP contribution in [0.4, 0.5) is 0 Å². The summed E-state index contributed by atoms with van der Waals surface area (Å²) in [6, 6.07) is 14.0. The highest BCUT2D eigenvalue weighted by molar-refractivity contribution is 6.46. The lowest BCUT2D eigenvalue weighted by atomic mass is 9.89. The van der Waals surface area contributed by atoms with Gasteiger partial charge in [0.1, 0.15) is 11.8 Å². The van der Waals surface area contributed by atoms with Gasteiger partial charge < -0.3 is 10.0 Å². The van der Waals surface area contributed by atoms with Gasteiger partial charge >= 0.3 is 0 Å². The predicted molar refractivity (Wildman–Crippen MR) is 119 cm³/mol. The molecule has 32 heavy (non-hydrogen) atoms. The third-order valence-electron chi connectivity index (χ3n) is 6.23. The van der Waals surface area contributed by atoms with Crippen molar-refractivity contribution in [2.75, 3.05) is 0 Å². The summed E-state index contributed by atoms with van der Waals surface area (Å²) in [5.41, 5.74) is 4.51. The van der Waals surface area contributed by atoms with E-state index in [0.29, 0.717) is 11.3 Å². The van der Waals surface area contributed by atoms with Crippen molar-refractivity contribution in [1.29, 1.82) is 0 Å². The van der Waals surface area contributed by atoms with Gasteiger partial charge in [-0.2, -0.15) is 0 Å². The van der Waals surface area contributed by atoms with Crippen LogP contribution in [0.1, 0.15) is 46.8 Å². The van der Waals surface area contributed by atoms with Gasteiger partial charge in [0.25, 0.3) is 11.7 Å². The molecule has 2 aromatic heterocycles. The van der Waals surface area contributed by atoms with E-state index in [4.69, 9.17) is 0 Å². The Bertz CT molecular complexity index is 1210. The Balaban J connectivity index is 1.62. The van der Waals surface area contributed by atoms with Crippen molar-refractivity contribution < 1.29 is 14.7 Å². The average Bonchev–Trinajstić information content (AvgIpc) is 3.09. The zero-order valence-corrected chi connectivity index (χ0v) is 17.6. The summed E-state index contributed by atoms with van der Waals surface area (Å²) in [7, 11) is 0. The summed E-state index contributed by atoms with van der Waals surface area (Å²) in [4.78, 5) is 36.1. The van der Waals surface area contributed by atoms with Crippen LogP contribution in [0, 0.1) is 0 Å². The number of benzene rings is 1. The van der Waals surface area contributed by atoms with Gasteiger partial charge in [0, 0.05) is 30.7 Å². The number of aromatic nitrogens is 2. The molecular formula is C26H23N3O3. The highest BCUT2D eigenvalue weighted by Crippen LogP contribution is 2.39. The standard InChI is InChI=1S/C26H23N3O3/c30-24(20-9-8-18-5-1-2-6-19(18)15-20)22-23(21-7-3-4-12-28-21)29(26(32)25(22)31)16-17-10-13-27-14-11-17/h3-4,7-15,23,30H,1-2,5-6,16H2/b24-22-. The van der Waals surface area contributed by atoms with Crippen LogP contribution in [0.2, 0.25) is 0 Å². The Morgan fingerprint density at radius 2 is 1.75 bits per heavy atom. The van der Waals surface area contributed by atoms with Crippen LogP contribution in [0.5, 0.6) is 0 Å². The Morgan fingerprint density at radius 3 is 2.50 bits per heavy atom. The maximum absolute atomic E-state index is 13.1. The zero-order chi connectivity index (χ0) is 22.1. The van der Waals surface area contributed by atoms with Crippen LogP contribution in [0.25, 0.3) is 5.76 Å². The summed E-state index contributed by atoms with van der Waals surface area (Å²) >= 11 is 0. The highest BCUT2D eigenvalue weighted by atomic mass is 16.3. The fourth-order valence-corrected chi connectivity index (χ4v) is 4.61. The Morgan fingerprint density at radius 1 is 0.969 bits per heavy atom. The number of aryl methyl sites for hydroxylation is 2. The molecule has 1 saturated heterocycles. The topological polar surface area (TPSA) is 83.4 Å². The number of likely N-dealkylation sites (tertiary alicyclic amines) is 1. The van der Waals surface area contributed by atoms with Crippen LogP contribution < -0.4 is 0 Å². The van der Waals surface area contributed by atoms with Crippen LogP contribution in [-0.4, -0.2) is 31.7 Å². The fourth-order valence-electron chi connectivity index (χ4n) is 4.61. The minimum absolute atomic E-state index is 0.0820. The van der Waals surface area contributed by atoms with Gasteiger partial charge in [0.15, 0.2) is 0 Å². The molecule has 5 rings (SSSR count). The molecule has 1 aromatic carbocycles. The summed E-state index contributed by atoms with van der Waals surface area (Å²) in [6.07, 6.45) is 9.18. The lowest BCUT2D eigenvalue weighted by Gasteiger charge is -2.24. The third kappa shape index (κ3) is 3.58. The molecule has 1 N–H and O–H groups in total. The minimum atomic E-state index is -0.764. The van der Waals surface area contributed by atoms with E-state index in [0.717, 1.165) is 31.2 Å². The van der Waals surface area contributed by atoms with E-state index in [9.17, 15) is 14.7 Å². The molecule has 1 amide bonds. The first-order valence-corrected chi connectivity index (χ1v) is 10.8. The van der Waals surface area contributed by atoms with E-state index in [1.165, 1.54) is 16.0 Å². The Labute approximate surface area is 186 Å². The SMILES string of the molecule is O=C1C(=O)N(Cc2ccncc2)C(c2ccccn2)/C1=C(/O)c1ccc2c(c1)CCCC2. The van der Waals surface area contributed by atoms with E-state index in [-0.39, 0.29) is 17.9 Å². The first kappa shape index (κ1) is 20.1. The monoisotopic (exact) mass is 425 g/mol. The number of rotatable bonds is 4. The zero-order valence-electron chi connectivity index (χ0n) is 17.6. The molecule has 6 nitrogen and oxygen atoms in total. The molecule has 160 valence electrons. The number of pyridine rings is 2. The maximum Gasteiger partial charge on any atom is 0.296 e. The van der Waals surface area contributed by atoms with Gasteiger partial charge in [-0.25, -0.2) is 0 Å². The molecule has 3 heterocycles. The predicted octanol–water partition coefficient (Wildman–Crippen LogP) is 3.98. The molecule has 1 aliphatic heterocycles. The van der Waals surface area contributed by atoms with Crippen molar-refractivity contribution in [1.82, 2.24) is 14.9 Å². The number of hydrogen-bond acceptors (Lipinski definition) is 5.